The van der Waals surface area contributed by atoms with E-state index in [0.29, 0.717) is 0 Å². The monoisotopic (exact) mass is 608 g/mol. The molecule has 0 saturated heterocycles. The molecule has 0 aromatic carbocycles. The molecule has 0 aromatic heterocycles. The van der Waals surface area contributed by atoms with Gasteiger partial charge in [-0.2, -0.15) is 0 Å². The smallest absolute Gasteiger partial charge is 0.0107 e. The summed E-state index contributed by atoms with van der Waals surface area (Å²) in [5.41, 5.74) is 5.67. The standard InChI is InChI=1S/C40H85N3/c1-3-5-7-9-11-13-15-17-19-21-23-25-27-29-31-33-38-43(40-37-42-36-35-41)39-34-32-30-28-26-24-22-20-18-16-14-12-10-8-6-4-2/h42H,3-41H2,1-2H3. The van der Waals surface area contributed by atoms with Gasteiger partial charge in [-0.05, 0) is 25.9 Å². The molecule has 0 amide bonds. The molecule has 3 heteroatoms. The van der Waals surface area contributed by atoms with Gasteiger partial charge < -0.3 is 16.0 Å². The quantitative estimate of drug-likeness (QED) is 0.0683. The molecule has 0 bridgehead atoms. The molecule has 3 nitrogen and oxygen atoms in total. The largest absolute Gasteiger partial charge is 0.329 e. The van der Waals surface area contributed by atoms with Gasteiger partial charge >= 0.3 is 0 Å². The van der Waals surface area contributed by atoms with Crippen LogP contribution in [0, 0.1) is 0 Å². The maximum Gasteiger partial charge on any atom is 0.0107 e. The minimum absolute atomic E-state index is 0.748. The van der Waals surface area contributed by atoms with Crippen molar-refractivity contribution in [1.82, 2.24) is 10.2 Å². The number of unbranched alkanes of at least 4 members (excludes halogenated alkanes) is 30. The summed E-state index contributed by atoms with van der Waals surface area (Å²) in [6.45, 7) is 11.2. The van der Waals surface area contributed by atoms with E-state index in [1.165, 1.54) is 225 Å². The fourth-order valence-corrected chi connectivity index (χ4v) is 6.57. The Hall–Kier alpha value is -0.120. The summed E-state index contributed by atoms with van der Waals surface area (Å²) in [7, 11) is 0. The van der Waals surface area contributed by atoms with Crippen molar-refractivity contribution in [3.8, 4) is 0 Å². The van der Waals surface area contributed by atoms with E-state index in [9.17, 15) is 0 Å². The minimum Gasteiger partial charge on any atom is -0.329 e. The lowest BCUT2D eigenvalue weighted by molar-refractivity contribution is 0.260. The van der Waals surface area contributed by atoms with Crippen molar-refractivity contribution in [2.24, 2.45) is 5.73 Å². The van der Waals surface area contributed by atoms with Crippen LogP contribution in [0.15, 0.2) is 0 Å². The van der Waals surface area contributed by atoms with Gasteiger partial charge in [-0.3, -0.25) is 0 Å². The Morgan fingerprint density at radius 3 is 0.837 bits per heavy atom. The maximum atomic E-state index is 5.67. The van der Waals surface area contributed by atoms with Crippen LogP contribution in [-0.2, 0) is 0 Å². The van der Waals surface area contributed by atoms with E-state index in [4.69, 9.17) is 5.73 Å². The van der Waals surface area contributed by atoms with E-state index in [0.717, 1.165) is 19.6 Å². The number of nitrogens with two attached hydrogens (primary N) is 1. The van der Waals surface area contributed by atoms with Crippen LogP contribution in [0.5, 0.6) is 0 Å². The average molecular weight is 608 g/mol. The molecule has 0 saturated carbocycles. The Balaban J connectivity index is 3.60. The van der Waals surface area contributed by atoms with Crippen LogP contribution in [-0.4, -0.2) is 44.2 Å². The molecule has 0 rings (SSSR count). The van der Waals surface area contributed by atoms with E-state index < -0.39 is 0 Å². The van der Waals surface area contributed by atoms with Crippen LogP contribution < -0.4 is 11.1 Å². The highest BCUT2D eigenvalue weighted by Gasteiger charge is 2.05. The normalized spacial score (nSPS) is 11.7. The lowest BCUT2D eigenvalue weighted by Gasteiger charge is -2.22. The second-order valence-electron chi connectivity index (χ2n) is 14.0. The van der Waals surface area contributed by atoms with Gasteiger partial charge in [-0.15, -0.1) is 0 Å². The number of hydrogen-bond donors (Lipinski definition) is 2. The van der Waals surface area contributed by atoms with Crippen LogP contribution in [0.3, 0.4) is 0 Å². The fraction of sp³-hybridized carbons (Fsp3) is 1.00. The summed E-state index contributed by atoms with van der Waals surface area (Å²) in [5.74, 6) is 0. The second-order valence-corrected chi connectivity index (χ2v) is 14.0. The third-order valence-corrected chi connectivity index (χ3v) is 9.58. The van der Waals surface area contributed by atoms with E-state index in [1.807, 2.05) is 0 Å². The third kappa shape index (κ3) is 38.0. The van der Waals surface area contributed by atoms with Crippen molar-refractivity contribution >= 4 is 0 Å². The molecule has 0 radical (unpaired) electrons. The molecular weight excluding hydrogens is 522 g/mol. The minimum atomic E-state index is 0.748. The number of nitrogens with one attached hydrogen (secondary N) is 1. The summed E-state index contributed by atoms with van der Waals surface area (Å²) in [6.07, 6.45) is 46.4. The summed E-state index contributed by atoms with van der Waals surface area (Å²) in [5, 5.41) is 3.51. The highest BCUT2D eigenvalue weighted by Crippen LogP contribution is 2.15. The highest BCUT2D eigenvalue weighted by molar-refractivity contribution is 4.62. The Bertz CT molecular complexity index is 433. The predicted octanol–water partition coefficient (Wildman–Crippen LogP) is 12.4. The number of nitrogens with zero attached hydrogens (tertiary/aromatic N) is 1. The highest BCUT2D eigenvalue weighted by atomic mass is 15.1. The molecule has 0 aromatic rings. The first kappa shape index (κ1) is 42.9. The molecule has 3 N–H and O–H groups in total. The Morgan fingerprint density at radius 2 is 0.581 bits per heavy atom. The van der Waals surface area contributed by atoms with Crippen LogP contribution >= 0.6 is 0 Å². The van der Waals surface area contributed by atoms with Crippen LogP contribution in [0.1, 0.15) is 219 Å². The van der Waals surface area contributed by atoms with Gasteiger partial charge in [0.25, 0.3) is 0 Å². The Kier molecular flexibility index (Phi) is 39.8. The van der Waals surface area contributed by atoms with Crippen molar-refractivity contribution in [3.05, 3.63) is 0 Å². The van der Waals surface area contributed by atoms with Gasteiger partial charge in [0.2, 0.25) is 0 Å². The first-order valence-electron chi connectivity index (χ1n) is 20.5. The molecule has 43 heavy (non-hydrogen) atoms. The van der Waals surface area contributed by atoms with E-state index in [1.54, 1.807) is 0 Å². The molecule has 0 aliphatic heterocycles. The first-order valence-corrected chi connectivity index (χ1v) is 20.5. The molecular formula is C40H85N3. The average Bonchev–Trinajstić information content (AvgIpc) is 3.02. The van der Waals surface area contributed by atoms with Crippen molar-refractivity contribution in [2.75, 3.05) is 39.3 Å². The predicted molar refractivity (Wildman–Crippen MR) is 197 cm³/mol. The molecule has 260 valence electrons. The van der Waals surface area contributed by atoms with Gasteiger partial charge in [0.1, 0.15) is 0 Å². The molecule has 0 heterocycles. The Morgan fingerprint density at radius 1 is 0.326 bits per heavy atom. The van der Waals surface area contributed by atoms with Crippen molar-refractivity contribution in [2.45, 2.75) is 219 Å². The number of hydrogen-bond acceptors (Lipinski definition) is 3. The van der Waals surface area contributed by atoms with E-state index in [2.05, 4.69) is 24.1 Å². The van der Waals surface area contributed by atoms with Gasteiger partial charge in [-0.25, -0.2) is 0 Å². The maximum absolute atomic E-state index is 5.67. The number of rotatable bonds is 39. The fourth-order valence-electron chi connectivity index (χ4n) is 6.57. The lowest BCUT2D eigenvalue weighted by Crippen LogP contribution is -2.35. The zero-order chi connectivity index (χ0) is 31.2. The summed E-state index contributed by atoms with van der Waals surface area (Å²) < 4.78 is 0. The van der Waals surface area contributed by atoms with Crippen molar-refractivity contribution < 1.29 is 0 Å². The summed E-state index contributed by atoms with van der Waals surface area (Å²) in [6, 6.07) is 0. The van der Waals surface area contributed by atoms with Gasteiger partial charge in [-0.1, -0.05) is 206 Å². The SMILES string of the molecule is CCCCCCCCCCCCCCCCCCN(CCCCCCCCCCCCCCCCCC)CCNCCN. The van der Waals surface area contributed by atoms with Crippen LogP contribution in [0.25, 0.3) is 0 Å². The van der Waals surface area contributed by atoms with Gasteiger partial charge in [0.15, 0.2) is 0 Å². The molecule has 0 spiro atoms. The van der Waals surface area contributed by atoms with Crippen LogP contribution in [0.4, 0.5) is 0 Å². The van der Waals surface area contributed by atoms with Gasteiger partial charge in [0.05, 0.1) is 0 Å². The third-order valence-electron chi connectivity index (χ3n) is 9.58. The lowest BCUT2D eigenvalue weighted by atomic mass is 10.0. The van der Waals surface area contributed by atoms with Crippen molar-refractivity contribution in [3.63, 3.8) is 0 Å². The summed E-state index contributed by atoms with van der Waals surface area (Å²) >= 11 is 0. The zero-order valence-corrected chi connectivity index (χ0v) is 30.4. The molecule has 0 aliphatic carbocycles. The van der Waals surface area contributed by atoms with E-state index >= 15 is 0 Å². The van der Waals surface area contributed by atoms with Gasteiger partial charge in [0, 0.05) is 26.2 Å². The molecule has 0 atom stereocenters. The van der Waals surface area contributed by atoms with Crippen molar-refractivity contribution in [1.29, 1.82) is 0 Å². The topological polar surface area (TPSA) is 41.3 Å². The Labute approximate surface area is 274 Å². The second kappa shape index (κ2) is 39.9. The summed E-state index contributed by atoms with van der Waals surface area (Å²) in [4.78, 5) is 2.73. The molecule has 0 fully saturated rings. The molecule has 0 aliphatic rings. The first-order chi connectivity index (χ1) is 21.3. The van der Waals surface area contributed by atoms with Crippen LogP contribution in [0.2, 0.25) is 0 Å². The van der Waals surface area contributed by atoms with E-state index in [-0.39, 0.29) is 0 Å². The molecule has 0 unspecified atom stereocenters. The zero-order valence-electron chi connectivity index (χ0n) is 30.4.